The van der Waals surface area contributed by atoms with Crippen molar-refractivity contribution in [2.24, 2.45) is 4.99 Å². The van der Waals surface area contributed by atoms with Crippen molar-refractivity contribution in [3.63, 3.8) is 0 Å². The number of hydrogen-bond acceptors (Lipinski definition) is 5. The van der Waals surface area contributed by atoms with Crippen LogP contribution in [0, 0.1) is 5.82 Å². The number of aliphatic imine (C=N–C) groups is 1. The molecular weight excluding hydrogens is 383 g/mol. The lowest BCUT2D eigenvalue weighted by molar-refractivity contribution is 0.440. The number of aromatic nitrogens is 1. The number of pyridine rings is 1. The SMILES string of the molecule is CN=C(NCc1ccc(Oc2cccnc2)c(F)c1)NC(C)CCS(C)(=O)=O. The summed E-state index contributed by atoms with van der Waals surface area (Å²) in [6.07, 6.45) is 4.80. The molecule has 0 amide bonds. The van der Waals surface area contributed by atoms with Gasteiger partial charge in [-0.2, -0.15) is 0 Å². The predicted octanol–water partition coefficient (Wildman–Crippen LogP) is 2.50. The van der Waals surface area contributed by atoms with Crippen LogP contribution in [0.4, 0.5) is 4.39 Å². The van der Waals surface area contributed by atoms with E-state index >= 15 is 0 Å². The number of nitrogens with one attached hydrogen (secondary N) is 2. The number of hydrogen-bond donors (Lipinski definition) is 2. The Morgan fingerprint density at radius 1 is 1.36 bits per heavy atom. The van der Waals surface area contributed by atoms with Gasteiger partial charge < -0.3 is 15.4 Å². The molecule has 1 heterocycles. The number of benzene rings is 1. The topological polar surface area (TPSA) is 92.7 Å². The van der Waals surface area contributed by atoms with Gasteiger partial charge in [-0.15, -0.1) is 0 Å². The van der Waals surface area contributed by atoms with Crippen molar-refractivity contribution >= 4 is 15.8 Å². The summed E-state index contributed by atoms with van der Waals surface area (Å²) in [5.41, 5.74) is 0.711. The summed E-state index contributed by atoms with van der Waals surface area (Å²) >= 11 is 0. The number of sulfone groups is 1. The molecule has 0 aliphatic rings. The molecule has 1 aromatic heterocycles. The van der Waals surface area contributed by atoms with E-state index in [1.165, 1.54) is 18.5 Å². The summed E-state index contributed by atoms with van der Waals surface area (Å²) in [6, 6.07) is 8.03. The number of ether oxygens (including phenoxy) is 1. The quantitative estimate of drug-likeness (QED) is 0.515. The number of nitrogens with zero attached hydrogens (tertiary/aromatic N) is 2. The van der Waals surface area contributed by atoms with Gasteiger partial charge in [0.05, 0.1) is 11.9 Å². The molecule has 9 heteroatoms. The normalized spacial score (nSPS) is 13.1. The molecule has 2 aromatic rings. The lowest BCUT2D eigenvalue weighted by Crippen LogP contribution is -2.42. The van der Waals surface area contributed by atoms with Gasteiger partial charge in [0.15, 0.2) is 17.5 Å². The largest absolute Gasteiger partial charge is 0.453 e. The molecule has 0 aliphatic heterocycles. The first-order chi connectivity index (χ1) is 13.3. The Hall–Kier alpha value is -2.68. The monoisotopic (exact) mass is 408 g/mol. The smallest absolute Gasteiger partial charge is 0.191 e. The van der Waals surface area contributed by atoms with Crippen molar-refractivity contribution in [1.29, 1.82) is 0 Å². The van der Waals surface area contributed by atoms with Crippen molar-refractivity contribution in [3.05, 3.63) is 54.1 Å². The Kier molecular flexibility index (Phi) is 7.74. The van der Waals surface area contributed by atoms with Crippen molar-refractivity contribution in [2.45, 2.75) is 25.9 Å². The third kappa shape index (κ3) is 7.51. The van der Waals surface area contributed by atoms with E-state index in [1.807, 2.05) is 6.92 Å². The van der Waals surface area contributed by atoms with Gasteiger partial charge in [-0.1, -0.05) is 6.07 Å². The zero-order chi connectivity index (χ0) is 20.6. The predicted molar refractivity (Wildman–Crippen MR) is 108 cm³/mol. The molecule has 7 nitrogen and oxygen atoms in total. The highest BCUT2D eigenvalue weighted by atomic mass is 32.2. The van der Waals surface area contributed by atoms with E-state index in [-0.39, 0.29) is 17.5 Å². The minimum atomic E-state index is -3.01. The first kappa shape index (κ1) is 21.6. The molecule has 0 aliphatic carbocycles. The van der Waals surface area contributed by atoms with Gasteiger partial charge in [0.1, 0.15) is 15.6 Å². The number of rotatable bonds is 8. The zero-order valence-corrected chi connectivity index (χ0v) is 17.0. The Labute approximate surface area is 165 Å². The van der Waals surface area contributed by atoms with Crippen LogP contribution in [0.25, 0.3) is 0 Å². The molecule has 0 spiro atoms. The van der Waals surface area contributed by atoms with Gasteiger partial charge >= 0.3 is 0 Å². The summed E-state index contributed by atoms with van der Waals surface area (Å²) < 4.78 is 42.3. The van der Waals surface area contributed by atoms with Crippen molar-refractivity contribution < 1.29 is 17.5 Å². The first-order valence-corrected chi connectivity index (χ1v) is 10.8. The van der Waals surface area contributed by atoms with Crippen LogP contribution in [0.2, 0.25) is 0 Å². The maximum Gasteiger partial charge on any atom is 0.191 e. The Morgan fingerprint density at radius 3 is 2.75 bits per heavy atom. The maximum atomic E-state index is 14.3. The summed E-state index contributed by atoms with van der Waals surface area (Å²) in [6.45, 7) is 2.23. The summed E-state index contributed by atoms with van der Waals surface area (Å²) in [5.74, 6) is 0.709. The Morgan fingerprint density at radius 2 is 2.14 bits per heavy atom. The molecular formula is C19H25FN4O3S. The summed E-state index contributed by atoms with van der Waals surface area (Å²) in [7, 11) is -1.39. The fourth-order valence-corrected chi connectivity index (χ4v) is 3.13. The van der Waals surface area contributed by atoms with Gasteiger partial charge in [-0.05, 0) is 43.2 Å². The molecule has 1 aromatic carbocycles. The lowest BCUT2D eigenvalue weighted by atomic mass is 10.2. The van der Waals surface area contributed by atoms with Crippen LogP contribution in [-0.4, -0.2) is 44.5 Å². The van der Waals surface area contributed by atoms with E-state index in [9.17, 15) is 12.8 Å². The number of halogens is 1. The van der Waals surface area contributed by atoms with Crippen LogP contribution in [0.3, 0.4) is 0 Å². The van der Waals surface area contributed by atoms with Crippen molar-refractivity contribution in [1.82, 2.24) is 15.6 Å². The van der Waals surface area contributed by atoms with Crippen LogP contribution < -0.4 is 15.4 Å². The third-order valence-electron chi connectivity index (χ3n) is 3.85. The average molecular weight is 408 g/mol. The highest BCUT2D eigenvalue weighted by molar-refractivity contribution is 7.90. The fourth-order valence-electron chi connectivity index (χ4n) is 2.35. The second-order valence-electron chi connectivity index (χ2n) is 6.45. The molecule has 0 saturated heterocycles. The third-order valence-corrected chi connectivity index (χ3v) is 4.82. The van der Waals surface area contributed by atoms with Crippen LogP contribution >= 0.6 is 0 Å². The van der Waals surface area contributed by atoms with E-state index in [0.29, 0.717) is 30.2 Å². The van der Waals surface area contributed by atoms with Gasteiger partial charge in [-0.3, -0.25) is 9.98 Å². The molecule has 1 atom stereocenters. The molecule has 0 saturated carbocycles. The molecule has 0 bridgehead atoms. The fraction of sp³-hybridized carbons (Fsp3) is 0.368. The van der Waals surface area contributed by atoms with E-state index in [1.54, 1.807) is 37.5 Å². The van der Waals surface area contributed by atoms with E-state index in [4.69, 9.17) is 4.74 Å². The molecule has 2 N–H and O–H groups in total. The second-order valence-corrected chi connectivity index (χ2v) is 8.71. The highest BCUT2D eigenvalue weighted by Gasteiger charge is 2.10. The molecule has 2 rings (SSSR count). The van der Waals surface area contributed by atoms with Gasteiger partial charge in [0.2, 0.25) is 0 Å². The van der Waals surface area contributed by atoms with E-state index in [0.717, 1.165) is 0 Å². The van der Waals surface area contributed by atoms with E-state index in [2.05, 4.69) is 20.6 Å². The van der Waals surface area contributed by atoms with Crippen LogP contribution in [0.15, 0.2) is 47.7 Å². The summed E-state index contributed by atoms with van der Waals surface area (Å²) in [4.78, 5) is 8.03. The molecule has 0 radical (unpaired) electrons. The first-order valence-electron chi connectivity index (χ1n) is 8.78. The molecule has 28 heavy (non-hydrogen) atoms. The standard InChI is InChI=1S/C19H25FN4O3S/c1-14(8-10-28(3,25)26)24-19(21-2)23-12-15-6-7-18(17(20)11-15)27-16-5-4-9-22-13-16/h4-7,9,11,13-14H,8,10,12H2,1-3H3,(H2,21,23,24). The number of guanidine groups is 1. The van der Waals surface area contributed by atoms with Gasteiger partial charge in [-0.25, -0.2) is 12.8 Å². The van der Waals surface area contributed by atoms with Crippen molar-refractivity contribution in [3.8, 4) is 11.5 Å². The molecule has 0 fully saturated rings. The summed E-state index contributed by atoms with van der Waals surface area (Å²) in [5, 5.41) is 6.20. The van der Waals surface area contributed by atoms with Crippen LogP contribution in [0.5, 0.6) is 11.5 Å². The van der Waals surface area contributed by atoms with Crippen LogP contribution in [0.1, 0.15) is 18.9 Å². The maximum absolute atomic E-state index is 14.3. The average Bonchev–Trinajstić information content (AvgIpc) is 2.65. The van der Waals surface area contributed by atoms with Gasteiger partial charge in [0.25, 0.3) is 0 Å². The van der Waals surface area contributed by atoms with Crippen molar-refractivity contribution in [2.75, 3.05) is 19.1 Å². The Balaban J connectivity index is 1.89. The van der Waals surface area contributed by atoms with Gasteiger partial charge in [0, 0.05) is 32.1 Å². The molecule has 152 valence electrons. The zero-order valence-electron chi connectivity index (χ0n) is 16.1. The minimum Gasteiger partial charge on any atom is -0.453 e. The lowest BCUT2D eigenvalue weighted by Gasteiger charge is -2.18. The minimum absolute atomic E-state index is 0.0760. The molecule has 1 unspecified atom stereocenters. The second kappa shape index (κ2) is 10.0. The highest BCUT2D eigenvalue weighted by Crippen LogP contribution is 2.24. The van der Waals surface area contributed by atoms with E-state index < -0.39 is 15.7 Å². The van der Waals surface area contributed by atoms with Crippen LogP contribution in [-0.2, 0) is 16.4 Å². The Bertz CT molecular complexity index is 905.